The molecule has 0 bridgehead atoms. The van der Waals surface area contributed by atoms with Crippen molar-refractivity contribution in [3.8, 4) is 0 Å². The number of esters is 1. The molecule has 0 atom stereocenters. The standard InChI is InChI=1S/C13H14BrNO4/c1-3-7-19-13(17)15-11-6-5-9(8-10(11)14)12(16)18-4-2/h3,5-6,8H,1,4,7H2,2H3,(H,15,17). The second-order valence-electron chi connectivity index (χ2n) is 3.43. The van der Waals surface area contributed by atoms with Gasteiger partial charge in [-0.1, -0.05) is 12.7 Å². The van der Waals surface area contributed by atoms with Gasteiger partial charge in [0.1, 0.15) is 6.61 Å². The first-order chi connectivity index (χ1) is 9.08. The van der Waals surface area contributed by atoms with Crippen LogP contribution in [-0.2, 0) is 9.47 Å². The molecule has 0 spiro atoms. The van der Waals surface area contributed by atoms with E-state index in [2.05, 4.69) is 27.8 Å². The van der Waals surface area contributed by atoms with Crippen LogP contribution < -0.4 is 5.32 Å². The Balaban J connectivity index is 2.74. The smallest absolute Gasteiger partial charge is 0.411 e. The lowest BCUT2D eigenvalue weighted by molar-refractivity contribution is 0.0526. The number of benzene rings is 1. The molecule has 1 rings (SSSR count). The van der Waals surface area contributed by atoms with E-state index in [9.17, 15) is 9.59 Å². The van der Waals surface area contributed by atoms with Crippen LogP contribution in [0.1, 0.15) is 17.3 Å². The topological polar surface area (TPSA) is 64.6 Å². The predicted molar refractivity (Wildman–Crippen MR) is 75.3 cm³/mol. The summed E-state index contributed by atoms with van der Waals surface area (Å²) >= 11 is 3.27. The van der Waals surface area contributed by atoms with Crippen LogP contribution in [0, 0.1) is 0 Å². The van der Waals surface area contributed by atoms with Gasteiger partial charge in [-0.05, 0) is 41.1 Å². The van der Waals surface area contributed by atoms with Gasteiger partial charge in [-0.3, -0.25) is 5.32 Å². The molecule has 0 aliphatic rings. The highest BCUT2D eigenvalue weighted by Crippen LogP contribution is 2.24. The molecule has 0 saturated heterocycles. The average Bonchev–Trinajstić information content (AvgIpc) is 2.39. The van der Waals surface area contributed by atoms with E-state index in [1.165, 1.54) is 6.08 Å². The molecule has 102 valence electrons. The number of nitrogens with one attached hydrogen (secondary N) is 1. The third kappa shape index (κ3) is 4.75. The molecule has 1 N–H and O–H groups in total. The molecular weight excluding hydrogens is 314 g/mol. The molecule has 0 heterocycles. The van der Waals surface area contributed by atoms with Crippen LogP contribution in [0.25, 0.3) is 0 Å². The molecule has 0 aromatic heterocycles. The molecule has 0 aliphatic carbocycles. The second-order valence-corrected chi connectivity index (χ2v) is 4.28. The fourth-order valence-electron chi connectivity index (χ4n) is 1.24. The molecule has 19 heavy (non-hydrogen) atoms. The second kappa shape index (κ2) is 7.58. The summed E-state index contributed by atoms with van der Waals surface area (Å²) in [4.78, 5) is 22.9. The van der Waals surface area contributed by atoms with Crippen molar-refractivity contribution >= 4 is 33.7 Å². The Kier molecular flexibility index (Phi) is 6.08. The number of rotatable bonds is 5. The van der Waals surface area contributed by atoms with Gasteiger partial charge in [-0.15, -0.1) is 0 Å². The highest BCUT2D eigenvalue weighted by Gasteiger charge is 2.11. The fraction of sp³-hybridized carbons (Fsp3) is 0.231. The first kappa shape index (κ1) is 15.2. The molecule has 0 unspecified atom stereocenters. The van der Waals surface area contributed by atoms with E-state index < -0.39 is 12.1 Å². The zero-order valence-corrected chi connectivity index (χ0v) is 12.0. The van der Waals surface area contributed by atoms with Crippen LogP contribution in [0.15, 0.2) is 35.3 Å². The number of halogens is 1. The van der Waals surface area contributed by atoms with Crippen molar-refractivity contribution in [2.45, 2.75) is 6.92 Å². The van der Waals surface area contributed by atoms with Crippen molar-refractivity contribution in [1.82, 2.24) is 0 Å². The van der Waals surface area contributed by atoms with Gasteiger partial charge in [0.2, 0.25) is 0 Å². The van der Waals surface area contributed by atoms with Crippen LogP contribution in [-0.4, -0.2) is 25.3 Å². The summed E-state index contributed by atoms with van der Waals surface area (Å²) in [6.07, 6.45) is 0.878. The van der Waals surface area contributed by atoms with Crippen LogP contribution in [0.3, 0.4) is 0 Å². The van der Waals surface area contributed by atoms with E-state index in [1.807, 2.05) is 0 Å². The Labute approximate surface area is 119 Å². The summed E-state index contributed by atoms with van der Waals surface area (Å²) in [5.41, 5.74) is 0.904. The zero-order valence-electron chi connectivity index (χ0n) is 10.4. The molecule has 1 aromatic rings. The van der Waals surface area contributed by atoms with Gasteiger partial charge >= 0.3 is 12.1 Å². The summed E-state index contributed by atoms with van der Waals surface area (Å²) in [6, 6.07) is 4.72. The molecule has 0 radical (unpaired) electrons. The molecule has 6 heteroatoms. The Morgan fingerprint density at radius 2 is 2.16 bits per heavy atom. The van der Waals surface area contributed by atoms with Crippen molar-refractivity contribution < 1.29 is 19.1 Å². The van der Waals surface area contributed by atoms with Crippen LogP contribution in [0.5, 0.6) is 0 Å². The van der Waals surface area contributed by atoms with Gasteiger partial charge in [-0.2, -0.15) is 0 Å². The maximum atomic E-state index is 11.5. The van der Waals surface area contributed by atoms with Gasteiger partial charge in [0.25, 0.3) is 0 Å². The number of carbonyl (C=O) groups excluding carboxylic acids is 2. The molecule has 0 aliphatic heterocycles. The first-order valence-electron chi connectivity index (χ1n) is 5.59. The highest BCUT2D eigenvalue weighted by molar-refractivity contribution is 9.10. The minimum Gasteiger partial charge on any atom is -0.462 e. The lowest BCUT2D eigenvalue weighted by atomic mass is 10.2. The number of hydrogen-bond acceptors (Lipinski definition) is 4. The molecule has 0 fully saturated rings. The van der Waals surface area contributed by atoms with Gasteiger partial charge in [0, 0.05) is 4.47 Å². The average molecular weight is 328 g/mol. The van der Waals surface area contributed by atoms with E-state index in [-0.39, 0.29) is 6.61 Å². The molecule has 1 aromatic carbocycles. The molecule has 5 nitrogen and oxygen atoms in total. The summed E-state index contributed by atoms with van der Waals surface area (Å²) in [5.74, 6) is -0.413. The predicted octanol–water partition coefficient (Wildman–Crippen LogP) is 3.36. The zero-order chi connectivity index (χ0) is 14.3. The summed E-state index contributed by atoms with van der Waals surface area (Å²) in [5, 5.41) is 2.54. The lowest BCUT2D eigenvalue weighted by Crippen LogP contribution is -2.14. The van der Waals surface area contributed by atoms with Crippen molar-refractivity contribution in [3.63, 3.8) is 0 Å². The Morgan fingerprint density at radius 3 is 2.74 bits per heavy atom. The monoisotopic (exact) mass is 327 g/mol. The summed E-state index contributed by atoms with van der Waals surface area (Å²) < 4.78 is 10.2. The number of amides is 1. The SMILES string of the molecule is C=CCOC(=O)Nc1ccc(C(=O)OCC)cc1Br. The van der Waals surface area contributed by atoms with E-state index in [4.69, 9.17) is 9.47 Å². The van der Waals surface area contributed by atoms with Gasteiger partial charge in [0.05, 0.1) is 17.9 Å². The quantitative estimate of drug-likeness (QED) is 0.665. The van der Waals surface area contributed by atoms with Gasteiger partial charge in [-0.25, -0.2) is 9.59 Å². The number of carbonyl (C=O) groups is 2. The molecule has 0 saturated carbocycles. The van der Waals surface area contributed by atoms with Crippen LogP contribution in [0.4, 0.5) is 10.5 Å². The number of ether oxygens (including phenoxy) is 2. The normalized spacial score (nSPS) is 9.58. The third-order valence-electron chi connectivity index (χ3n) is 2.05. The number of anilines is 1. The summed E-state index contributed by atoms with van der Waals surface area (Å²) in [7, 11) is 0. The van der Waals surface area contributed by atoms with Gasteiger partial charge < -0.3 is 9.47 Å². The highest BCUT2D eigenvalue weighted by atomic mass is 79.9. The van der Waals surface area contributed by atoms with E-state index in [0.717, 1.165) is 0 Å². The van der Waals surface area contributed by atoms with Crippen molar-refractivity contribution in [2.75, 3.05) is 18.5 Å². The van der Waals surface area contributed by atoms with Crippen LogP contribution >= 0.6 is 15.9 Å². The van der Waals surface area contributed by atoms with Crippen molar-refractivity contribution in [1.29, 1.82) is 0 Å². The first-order valence-corrected chi connectivity index (χ1v) is 6.39. The Bertz CT molecular complexity index is 488. The summed E-state index contributed by atoms with van der Waals surface area (Å²) in [6.45, 7) is 5.61. The fourth-order valence-corrected chi connectivity index (χ4v) is 1.72. The van der Waals surface area contributed by atoms with Crippen molar-refractivity contribution in [3.05, 3.63) is 40.9 Å². The van der Waals surface area contributed by atoms with E-state index in [0.29, 0.717) is 22.3 Å². The maximum absolute atomic E-state index is 11.5. The minimum atomic E-state index is -0.593. The minimum absolute atomic E-state index is 0.129. The Hall–Kier alpha value is -1.82. The maximum Gasteiger partial charge on any atom is 0.411 e. The molecular formula is C13H14BrNO4. The third-order valence-corrected chi connectivity index (χ3v) is 2.71. The lowest BCUT2D eigenvalue weighted by Gasteiger charge is -2.08. The van der Waals surface area contributed by atoms with Crippen LogP contribution in [0.2, 0.25) is 0 Å². The van der Waals surface area contributed by atoms with E-state index in [1.54, 1.807) is 25.1 Å². The van der Waals surface area contributed by atoms with Gasteiger partial charge in [0.15, 0.2) is 0 Å². The number of hydrogen-bond donors (Lipinski definition) is 1. The molecule has 1 amide bonds. The largest absolute Gasteiger partial charge is 0.462 e. The van der Waals surface area contributed by atoms with E-state index >= 15 is 0 Å². The Morgan fingerprint density at radius 1 is 1.42 bits per heavy atom. The van der Waals surface area contributed by atoms with Crippen molar-refractivity contribution in [2.24, 2.45) is 0 Å².